The Morgan fingerprint density at radius 1 is 1.29 bits per heavy atom. The molecule has 0 aliphatic heterocycles. The molecule has 0 N–H and O–H groups in total. The molecule has 2 nitrogen and oxygen atoms in total. The maximum atomic E-state index is 12.0. The molecule has 2 heteroatoms. The van der Waals surface area contributed by atoms with E-state index in [9.17, 15) is 4.79 Å². The number of hydrogen-bond acceptors (Lipinski definition) is 2. The smallest absolute Gasteiger partial charge is 0.331 e. The lowest BCUT2D eigenvalue weighted by molar-refractivity contribution is -0.155. The molecule has 112 valence electrons. The first-order chi connectivity index (χ1) is 9.98. The second-order valence-corrected chi connectivity index (χ2v) is 6.24. The Kier molecular flexibility index (Phi) is 5.00. The van der Waals surface area contributed by atoms with Crippen LogP contribution in [0.5, 0.6) is 0 Å². The molecule has 21 heavy (non-hydrogen) atoms. The summed E-state index contributed by atoms with van der Waals surface area (Å²) in [6, 6.07) is 9.78. The third-order valence-corrected chi connectivity index (χ3v) is 4.30. The molecule has 1 aromatic rings. The molecule has 0 spiro atoms. The van der Waals surface area contributed by atoms with Gasteiger partial charge in [0, 0.05) is 6.08 Å². The van der Waals surface area contributed by atoms with Gasteiger partial charge in [0.05, 0.1) is 0 Å². The minimum absolute atomic E-state index is 0.255. The first-order valence-corrected chi connectivity index (χ1v) is 7.60. The van der Waals surface area contributed by atoms with Gasteiger partial charge in [-0.3, -0.25) is 0 Å². The van der Waals surface area contributed by atoms with E-state index in [1.165, 1.54) is 11.6 Å². The standard InChI is InChI=1S/C19H24O2/c1-15(2)17-11-13-19(3,14-12-17)21-18(20)10-9-16-7-5-4-6-8-16/h4-10,17H,1,11-14H2,2-3H3/b10-9+. The quantitative estimate of drug-likeness (QED) is 0.452. The molecule has 0 bridgehead atoms. The van der Waals surface area contributed by atoms with Gasteiger partial charge in [0.15, 0.2) is 0 Å². The highest BCUT2D eigenvalue weighted by Crippen LogP contribution is 2.37. The van der Waals surface area contributed by atoms with Gasteiger partial charge < -0.3 is 4.74 Å². The largest absolute Gasteiger partial charge is 0.456 e. The van der Waals surface area contributed by atoms with Crippen LogP contribution in [-0.2, 0) is 9.53 Å². The van der Waals surface area contributed by atoms with E-state index in [0.717, 1.165) is 31.2 Å². The molecule has 1 aliphatic rings. The van der Waals surface area contributed by atoms with Gasteiger partial charge in [0.1, 0.15) is 5.60 Å². The zero-order valence-electron chi connectivity index (χ0n) is 13.0. The summed E-state index contributed by atoms with van der Waals surface area (Å²) in [7, 11) is 0. The van der Waals surface area contributed by atoms with E-state index >= 15 is 0 Å². The van der Waals surface area contributed by atoms with Crippen molar-refractivity contribution < 1.29 is 9.53 Å². The molecular weight excluding hydrogens is 260 g/mol. The Bertz CT molecular complexity index is 520. The van der Waals surface area contributed by atoms with Crippen molar-refractivity contribution in [3.05, 3.63) is 54.1 Å². The van der Waals surface area contributed by atoms with Gasteiger partial charge in [-0.15, -0.1) is 0 Å². The molecule has 1 aromatic carbocycles. The molecule has 2 rings (SSSR count). The molecule has 0 amide bonds. The van der Waals surface area contributed by atoms with E-state index in [2.05, 4.69) is 13.5 Å². The van der Waals surface area contributed by atoms with Gasteiger partial charge >= 0.3 is 5.97 Å². The summed E-state index contributed by atoms with van der Waals surface area (Å²) in [6.07, 6.45) is 7.25. The van der Waals surface area contributed by atoms with Crippen LogP contribution in [0.4, 0.5) is 0 Å². The Balaban J connectivity index is 1.88. The zero-order chi connectivity index (χ0) is 15.3. The van der Waals surface area contributed by atoms with E-state index in [4.69, 9.17) is 4.74 Å². The fraction of sp³-hybridized carbons (Fsp3) is 0.421. The van der Waals surface area contributed by atoms with Crippen LogP contribution in [0, 0.1) is 5.92 Å². The van der Waals surface area contributed by atoms with Crippen molar-refractivity contribution in [3.8, 4) is 0 Å². The average Bonchev–Trinajstić information content (AvgIpc) is 2.46. The first-order valence-electron chi connectivity index (χ1n) is 7.60. The predicted octanol–water partition coefficient (Wildman–Crippen LogP) is 4.77. The molecule has 0 aromatic heterocycles. The molecule has 1 saturated carbocycles. The minimum atomic E-state index is -0.329. The van der Waals surface area contributed by atoms with Crippen molar-refractivity contribution in [3.63, 3.8) is 0 Å². The number of rotatable bonds is 4. The van der Waals surface area contributed by atoms with Gasteiger partial charge in [-0.2, -0.15) is 0 Å². The molecule has 1 aliphatic carbocycles. The first kappa shape index (κ1) is 15.6. The predicted molar refractivity (Wildman–Crippen MR) is 86.7 cm³/mol. The summed E-state index contributed by atoms with van der Waals surface area (Å²) in [4.78, 5) is 12.0. The van der Waals surface area contributed by atoms with E-state index in [0.29, 0.717) is 5.92 Å². The van der Waals surface area contributed by atoms with Crippen LogP contribution >= 0.6 is 0 Å². The van der Waals surface area contributed by atoms with Crippen LogP contribution in [0.25, 0.3) is 6.08 Å². The molecule has 0 atom stereocenters. The molecule has 0 heterocycles. The van der Waals surface area contributed by atoms with Crippen molar-refractivity contribution in [1.29, 1.82) is 0 Å². The monoisotopic (exact) mass is 284 g/mol. The number of carbonyl (C=O) groups excluding carboxylic acids is 1. The van der Waals surface area contributed by atoms with E-state index in [-0.39, 0.29) is 11.6 Å². The maximum Gasteiger partial charge on any atom is 0.331 e. The summed E-state index contributed by atoms with van der Waals surface area (Å²) in [6.45, 7) is 8.15. The van der Waals surface area contributed by atoms with Crippen LogP contribution in [-0.4, -0.2) is 11.6 Å². The number of allylic oxidation sites excluding steroid dienone is 1. The number of carbonyl (C=O) groups is 1. The third kappa shape index (κ3) is 4.59. The van der Waals surface area contributed by atoms with Gasteiger partial charge in [0.2, 0.25) is 0 Å². The molecule has 1 fully saturated rings. The Labute approximate surface area is 127 Å². The van der Waals surface area contributed by atoms with Gasteiger partial charge in [0.25, 0.3) is 0 Å². The van der Waals surface area contributed by atoms with Gasteiger partial charge in [-0.25, -0.2) is 4.79 Å². The molecule has 0 saturated heterocycles. The number of hydrogen-bond donors (Lipinski definition) is 0. The molecule has 0 unspecified atom stereocenters. The summed E-state index contributed by atoms with van der Waals surface area (Å²) in [5, 5.41) is 0. The van der Waals surface area contributed by atoms with Gasteiger partial charge in [-0.05, 0) is 57.1 Å². The maximum absolute atomic E-state index is 12.0. The van der Waals surface area contributed by atoms with Crippen LogP contribution in [0.2, 0.25) is 0 Å². The highest BCUT2D eigenvalue weighted by atomic mass is 16.6. The Hall–Kier alpha value is -1.83. The minimum Gasteiger partial charge on any atom is -0.456 e. The summed E-state index contributed by atoms with van der Waals surface area (Å²) in [5.74, 6) is 0.326. The molecule has 0 radical (unpaired) electrons. The fourth-order valence-corrected chi connectivity index (χ4v) is 2.83. The molecular formula is C19H24O2. The highest BCUT2D eigenvalue weighted by Gasteiger charge is 2.34. The zero-order valence-corrected chi connectivity index (χ0v) is 13.0. The van der Waals surface area contributed by atoms with Crippen molar-refractivity contribution in [2.24, 2.45) is 5.92 Å². The van der Waals surface area contributed by atoms with Crippen LogP contribution < -0.4 is 0 Å². The average molecular weight is 284 g/mol. The van der Waals surface area contributed by atoms with Crippen LogP contribution in [0.15, 0.2) is 48.6 Å². The normalized spacial score (nSPS) is 25.7. The summed E-state index contributed by atoms with van der Waals surface area (Å²) in [5.41, 5.74) is 1.92. The van der Waals surface area contributed by atoms with Crippen molar-refractivity contribution >= 4 is 12.0 Å². The SMILES string of the molecule is C=C(C)C1CCC(C)(OC(=O)/C=C/c2ccccc2)CC1. The van der Waals surface area contributed by atoms with Crippen LogP contribution in [0.3, 0.4) is 0 Å². The Morgan fingerprint density at radius 2 is 1.90 bits per heavy atom. The third-order valence-electron chi connectivity index (χ3n) is 4.30. The van der Waals surface area contributed by atoms with E-state index in [1.807, 2.05) is 37.3 Å². The van der Waals surface area contributed by atoms with Gasteiger partial charge in [-0.1, -0.05) is 42.5 Å². The van der Waals surface area contributed by atoms with E-state index in [1.54, 1.807) is 6.08 Å². The summed E-state index contributed by atoms with van der Waals surface area (Å²) >= 11 is 0. The second-order valence-electron chi connectivity index (χ2n) is 6.24. The lowest BCUT2D eigenvalue weighted by Crippen LogP contribution is -2.35. The van der Waals surface area contributed by atoms with Crippen molar-refractivity contribution in [2.45, 2.75) is 45.1 Å². The van der Waals surface area contributed by atoms with Crippen LogP contribution in [0.1, 0.15) is 45.1 Å². The summed E-state index contributed by atoms with van der Waals surface area (Å²) < 4.78 is 5.67. The van der Waals surface area contributed by atoms with Crippen molar-refractivity contribution in [2.75, 3.05) is 0 Å². The van der Waals surface area contributed by atoms with E-state index < -0.39 is 0 Å². The lowest BCUT2D eigenvalue weighted by atomic mass is 9.77. The fourth-order valence-electron chi connectivity index (χ4n) is 2.83. The highest BCUT2D eigenvalue weighted by molar-refractivity contribution is 5.87. The number of ether oxygens (including phenoxy) is 1. The number of esters is 1. The topological polar surface area (TPSA) is 26.3 Å². The second kappa shape index (κ2) is 6.75. The lowest BCUT2D eigenvalue weighted by Gasteiger charge is -2.36. The Morgan fingerprint density at radius 3 is 2.48 bits per heavy atom. The van der Waals surface area contributed by atoms with Crippen molar-refractivity contribution in [1.82, 2.24) is 0 Å². The number of benzene rings is 1.